The minimum atomic E-state index is -0.360. The monoisotopic (exact) mass is 423 g/mol. The Morgan fingerprint density at radius 2 is 2.23 bits per heavy atom. The second kappa shape index (κ2) is 10.7. The van der Waals surface area contributed by atoms with Gasteiger partial charge < -0.3 is 15.8 Å². The van der Waals surface area contributed by atoms with Gasteiger partial charge in [-0.15, -0.1) is 24.0 Å². The summed E-state index contributed by atoms with van der Waals surface area (Å²) in [5.41, 5.74) is 6.05. The predicted molar refractivity (Wildman–Crippen MR) is 94.8 cm³/mol. The van der Waals surface area contributed by atoms with Crippen LogP contribution in [0, 0.1) is 5.82 Å². The Balaban J connectivity index is 0.00000242. The quantitative estimate of drug-likeness (QED) is 0.309. The van der Waals surface area contributed by atoms with E-state index in [9.17, 15) is 4.39 Å². The van der Waals surface area contributed by atoms with E-state index in [2.05, 4.69) is 20.2 Å². The maximum Gasteiger partial charge on any atom is 0.188 e. The maximum atomic E-state index is 13.3. The second-order valence-electron chi connectivity index (χ2n) is 4.87. The molecule has 0 atom stereocenters. The zero-order valence-electron chi connectivity index (χ0n) is 12.5. The Morgan fingerprint density at radius 1 is 1.45 bits per heavy atom. The molecule has 0 radical (unpaired) electrons. The molecule has 1 saturated heterocycles. The number of morpholine rings is 1. The summed E-state index contributed by atoms with van der Waals surface area (Å²) in [5.74, 6) is -0.0385. The first-order chi connectivity index (χ1) is 10.3. The van der Waals surface area contributed by atoms with E-state index in [4.69, 9.17) is 10.5 Å². The molecule has 1 aromatic rings. The summed E-state index contributed by atoms with van der Waals surface area (Å²) in [7, 11) is 0. The van der Waals surface area contributed by atoms with Gasteiger partial charge in [0.15, 0.2) is 5.96 Å². The maximum absolute atomic E-state index is 13.3. The third kappa shape index (κ3) is 6.84. The second-order valence-corrected chi connectivity index (χ2v) is 4.87. The Bertz CT molecular complexity index is 468. The Kier molecular flexibility index (Phi) is 9.25. The average Bonchev–Trinajstić information content (AvgIpc) is 2.52. The molecule has 0 aromatic carbocycles. The van der Waals surface area contributed by atoms with Crippen LogP contribution in [-0.4, -0.2) is 55.2 Å². The number of nitrogens with one attached hydrogen (secondary N) is 1. The van der Waals surface area contributed by atoms with Crippen LogP contribution in [0.25, 0.3) is 0 Å². The van der Waals surface area contributed by atoms with Gasteiger partial charge in [0, 0.05) is 25.8 Å². The molecule has 1 aliphatic rings. The van der Waals surface area contributed by atoms with Crippen LogP contribution in [0.4, 0.5) is 4.39 Å². The Hall–Kier alpha value is -1.00. The van der Waals surface area contributed by atoms with E-state index in [1.807, 2.05) is 0 Å². The van der Waals surface area contributed by atoms with Crippen LogP contribution < -0.4 is 11.1 Å². The molecule has 0 spiro atoms. The fourth-order valence-electron chi connectivity index (χ4n) is 2.09. The number of pyridine rings is 1. The molecular formula is C14H23FIN5O. The van der Waals surface area contributed by atoms with Crippen molar-refractivity contribution in [2.24, 2.45) is 10.7 Å². The summed E-state index contributed by atoms with van der Waals surface area (Å²) in [5, 5.41) is 3.03. The number of hydrogen-bond acceptors (Lipinski definition) is 4. The molecule has 2 heterocycles. The van der Waals surface area contributed by atoms with Gasteiger partial charge in [-0.25, -0.2) is 9.38 Å². The van der Waals surface area contributed by atoms with Crippen molar-refractivity contribution in [3.63, 3.8) is 0 Å². The third-order valence-corrected chi connectivity index (χ3v) is 3.29. The number of ether oxygens (including phenoxy) is 1. The van der Waals surface area contributed by atoms with E-state index in [-0.39, 0.29) is 36.3 Å². The van der Waals surface area contributed by atoms with Gasteiger partial charge in [0.1, 0.15) is 5.82 Å². The zero-order valence-corrected chi connectivity index (χ0v) is 14.8. The molecule has 8 heteroatoms. The van der Waals surface area contributed by atoms with E-state index in [1.165, 1.54) is 6.07 Å². The zero-order chi connectivity index (χ0) is 14.9. The van der Waals surface area contributed by atoms with Gasteiger partial charge in [-0.3, -0.25) is 9.88 Å². The standard InChI is InChI=1S/C14H22FN5O.HI/c15-12-3-1-4-17-13(12)11-19-14(16)18-5-2-6-20-7-9-21-10-8-20;/h1,3-4H,2,5-11H2,(H3,16,18,19);1H. The number of nitrogens with zero attached hydrogens (tertiary/aromatic N) is 3. The van der Waals surface area contributed by atoms with Gasteiger partial charge in [0.05, 0.1) is 25.5 Å². The van der Waals surface area contributed by atoms with Crippen molar-refractivity contribution in [2.45, 2.75) is 13.0 Å². The molecule has 124 valence electrons. The molecule has 0 unspecified atom stereocenters. The Morgan fingerprint density at radius 3 is 2.95 bits per heavy atom. The fourth-order valence-corrected chi connectivity index (χ4v) is 2.09. The van der Waals surface area contributed by atoms with Crippen LogP contribution in [0.3, 0.4) is 0 Å². The molecule has 0 amide bonds. The highest BCUT2D eigenvalue weighted by Gasteiger charge is 2.09. The smallest absolute Gasteiger partial charge is 0.188 e. The fraction of sp³-hybridized carbons (Fsp3) is 0.571. The lowest BCUT2D eigenvalue weighted by Gasteiger charge is -2.26. The first-order valence-electron chi connectivity index (χ1n) is 7.19. The van der Waals surface area contributed by atoms with Gasteiger partial charge in [-0.2, -0.15) is 0 Å². The summed E-state index contributed by atoms with van der Waals surface area (Å²) >= 11 is 0. The van der Waals surface area contributed by atoms with Crippen molar-refractivity contribution < 1.29 is 9.13 Å². The van der Waals surface area contributed by atoms with Crippen molar-refractivity contribution in [3.8, 4) is 0 Å². The molecule has 1 aliphatic heterocycles. The SMILES string of the molecule is I.NC(=NCc1ncccc1F)NCCCN1CCOCC1. The Labute approximate surface area is 147 Å². The molecule has 0 aliphatic carbocycles. The number of rotatable bonds is 6. The molecule has 3 N–H and O–H groups in total. The van der Waals surface area contributed by atoms with Crippen LogP contribution in [0.5, 0.6) is 0 Å². The lowest BCUT2D eigenvalue weighted by Crippen LogP contribution is -2.39. The van der Waals surface area contributed by atoms with Crippen LogP contribution in [-0.2, 0) is 11.3 Å². The molecule has 1 aromatic heterocycles. The summed E-state index contributed by atoms with van der Waals surface area (Å²) in [6.45, 7) is 5.51. The number of aromatic nitrogens is 1. The normalized spacial score (nSPS) is 16.1. The van der Waals surface area contributed by atoms with Gasteiger partial charge in [-0.1, -0.05) is 0 Å². The van der Waals surface area contributed by atoms with Crippen LogP contribution >= 0.6 is 24.0 Å². The van der Waals surface area contributed by atoms with Gasteiger partial charge in [0.2, 0.25) is 0 Å². The van der Waals surface area contributed by atoms with Gasteiger partial charge in [0.25, 0.3) is 0 Å². The van der Waals surface area contributed by atoms with Crippen molar-refractivity contribution in [2.75, 3.05) is 39.4 Å². The summed E-state index contributed by atoms with van der Waals surface area (Å²) < 4.78 is 18.6. The number of hydrogen-bond donors (Lipinski definition) is 2. The van der Waals surface area contributed by atoms with Crippen LogP contribution in [0.1, 0.15) is 12.1 Å². The molecule has 22 heavy (non-hydrogen) atoms. The van der Waals surface area contributed by atoms with E-state index >= 15 is 0 Å². The highest BCUT2D eigenvalue weighted by atomic mass is 127. The van der Waals surface area contributed by atoms with Gasteiger partial charge >= 0.3 is 0 Å². The molecule has 2 rings (SSSR count). The topological polar surface area (TPSA) is 75.8 Å². The largest absolute Gasteiger partial charge is 0.379 e. The molecular weight excluding hydrogens is 400 g/mol. The summed E-state index contributed by atoms with van der Waals surface area (Å²) in [4.78, 5) is 10.4. The number of halogens is 2. The molecule has 0 saturated carbocycles. The van der Waals surface area contributed by atoms with Gasteiger partial charge in [-0.05, 0) is 25.1 Å². The summed E-state index contributed by atoms with van der Waals surface area (Å²) in [6, 6.07) is 2.92. The van der Waals surface area contributed by atoms with E-state index in [0.29, 0.717) is 11.7 Å². The van der Waals surface area contributed by atoms with Crippen molar-refractivity contribution in [3.05, 3.63) is 29.8 Å². The van der Waals surface area contributed by atoms with E-state index in [1.54, 1.807) is 12.3 Å². The van der Waals surface area contributed by atoms with Crippen molar-refractivity contribution in [1.29, 1.82) is 0 Å². The number of nitrogens with two attached hydrogens (primary N) is 1. The third-order valence-electron chi connectivity index (χ3n) is 3.29. The molecule has 6 nitrogen and oxygen atoms in total. The van der Waals surface area contributed by atoms with Crippen LogP contribution in [0.15, 0.2) is 23.3 Å². The highest BCUT2D eigenvalue weighted by Crippen LogP contribution is 2.03. The average molecular weight is 423 g/mol. The predicted octanol–water partition coefficient (Wildman–Crippen LogP) is 0.965. The minimum Gasteiger partial charge on any atom is -0.379 e. The first-order valence-corrected chi connectivity index (χ1v) is 7.19. The van der Waals surface area contributed by atoms with Crippen LogP contribution in [0.2, 0.25) is 0 Å². The molecule has 0 bridgehead atoms. The van der Waals surface area contributed by atoms with E-state index < -0.39 is 0 Å². The van der Waals surface area contributed by atoms with Crippen molar-refractivity contribution >= 4 is 29.9 Å². The molecule has 1 fully saturated rings. The minimum absolute atomic E-state index is 0. The lowest BCUT2D eigenvalue weighted by molar-refractivity contribution is 0.0376. The van der Waals surface area contributed by atoms with E-state index in [0.717, 1.165) is 45.8 Å². The highest BCUT2D eigenvalue weighted by molar-refractivity contribution is 14.0. The lowest BCUT2D eigenvalue weighted by atomic mass is 10.3. The van der Waals surface area contributed by atoms with Crippen molar-refractivity contribution in [1.82, 2.24) is 15.2 Å². The first kappa shape index (κ1) is 19.0. The number of guanidine groups is 1. The number of aliphatic imine (C=N–C) groups is 1. The summed E-state index contributed by atoms with van der Waals surface area (Å²) in [6.07, 6.45) is 2.52.